The fourth-order valence-electron chi connectivity index (χ4n) is 1.11. The molecule has 0 fully saturated rings. The van der Waals surface area contributed by atoms with Crippen LogP contribution in [0.4, 0.5) is 0 Å². The second-order valence-corrected chi connectivity index (χ2v) is 6.77. The van der Waals surface area contributed by atoms with Crippen molar-refractivity contribution in [2.45, 2.75) is 24.3 Å². The summed E-state index contributed by atoms with van der Waals surface area (Å²) >= 11 is 11.5. The zero-order chi connectivity index (χ0) is 13.3. The molecule has 0 aliphatic heterocycles. The van der Waals surface area contributed by atoms with Crippen molar-refractivity contribution < 1.29 is 8.42 Å². The Morgan fingerprint density at radius 1 is 1.28 bits per heavy atom. The van der Waals surface area contributed by atoms with Gasteiger partial charge in [-0.1, -0.05) is 23.2 Å². The first-order valence-electron chi connectivity index (χ1n) is 4.87. The Balaban J connectivity index is 0.00000289. The van der Waals surface area contributed by atoms with Gasteiger partial charge in [-0.05, 0) is 32.0 Å². The normalized spacial score (nSPS) is 12.1. The van der Waals surface area contributed by atoms with Crippen molar-refractivity contribution in [3.05, 3.63) is 28.2 Å². The van der Waals surface area contributed by atoms with Crippen molar-refractivity contribution in [3.8, 4) is 0 Å². The Labute approximate surface area is 123 Å². The van der Waals surface area contributed by atoms with Crippen LogP contribution in [0.15, 0.2) is 23.1 Å². The van der Waals surface area contributed by atoms with Crippen LogP contribution in [0.3, 0.4) is 0 Å². The van der Waals surface area contributed by atoms with Crippen LogP contribution in [0.1, 0.15) is 13.8 Å². The molecule has 0 aliphatic rings. The lowest BCUT2D eigenvalue weighted by Gasteiger charge is -2.23. The molecule has 0 spiro atoms. The van der Waals surface area contributed by atoms with Gasteiger partial charge in [-0.25, -0.2) is 13.1 Å². The van der Waals surface area contributed by atoms with Crippen molar-refractivity contribution in [2.75, 3.05) is 6.54 Å². The van der Waals surface area contributed by atoms with E-state index in [1.807, 2.05) is 0 Å². The molecule has 0 bridgehead atoms. The van der Waals surface area contributed by atoms with Crippen LogP contribution in [0.5, 0.6) is 0 Å². The van der Waals surface area contributed by atoms with Crippen molar-refractivity contribution in [3.63, 3.8) is 0 Å². The van der Waals surface area contributed by atoms with Gasteiger partial charge in [0.1, 0.15) is 0 Å². The number of rotatable bonds is 4. The minimum absolute atomic E-state index is 0. The Hall–Kier alpha value is -0.0400. The molecule has 1 rings (SSSR count). The zero-order valence-corrected chi connectivity index (χ0v) is 13.1. The molecule has 0 amide bonds. The number of hydrogen-bond donors (Lipinski definition) is 2. The molecule has 0 radical (unpaired) electrons. The highest BCUT2D eigenvalue weighted by molar-refractivity contribution is 7.89. The molecule has 8 heteroatoms. The predicted molar refractivity (Wildman–Crippen MR) is 77.2 cm³/mol. The summed E-state index contributed by atoms with van der Waals surface area (Å²) in [5.41, 5.74) is 4.75. The minimum Gasteiger partial charge on any atom is -0.329 e. The van der Waals surface area contributed by atoms with Gasteiger partial charge in [-0.3, -0.25) is 0 Å². The molecule has 0 aliphatic carbocycles. The summed E-state index contributed by atoms with van der Waals surface area (Å²) in [5, 5.41) is 0.504. The summed E-state index contributed by atoms with van der Waals surface area (Å²) in [6, 6.07) is 4.13. The lowest BCUT2D eigenvalue weighted by atomic mass is 10.1. The van der Waals surface area contributed by atoms with Crippen molar-refractivity contribution in [1.82, 2.24) is 4.72 Å². The van der Waals surface area contributed by atoms with Gasteiger partial charge in [0.15, 0.2) is 0 Å². The first kappa shape index (κ1) is 18.0. The van der Waals surface area contributed by atoms with Gasteiger partial charge >= 0.3 is 0 Å². The fraction of sp³-hybridized carbons (Fsp3) is 0.400. The third kappa shape index (κ3) is 4.57. The summed E-state index contributed by atoms with van der Waals surface area (Å²) in [5.74, 6) is 0. The second-order valence-electron chi connectivity index (χ2n) is 4.27. The van der Waals surface area contributed by atoms with E-state index in [0.717, 1.165) is 0 Å². The first-order valence-corrected chi connectivity index (χ1v) is 7.11. The fourth-order valence-corrected chi connectivity index (χ4v) is 2.92. The van der Waals surface area contributed by atoms with E-state index < -0.39 is 15.6 Å². The standard InChI is InChI=1S/C10H14Cl2N2O2S.ClH/c1-10(2,6-13)14-17(15,16)7-3-4-8(11)9(12)5-7;/h3-5,14H,6,13H2,1-2H3;1H. The Morgan fingerprint density at radius 3 is 2.28 bits per heavy atom. The topological polar surface area (TPSA) is 72.2 Å². The third-order valence-electron chi connectivity index (χ3n) is 2.12. The maximum absolute atomic E-state index is 12.0. The summed E-state index contributed by atoms with van der Waals surface area (Å²) in [7, 11) is -3.64. The summed E-state index contributed by atoms with van der Waals surface area (Å²) in [6.07, 6.45) is 0. The SMILES string of the molecule is CC(C)(CN)NS(=O)(=O)c1ccc(Cl)c(Cl)c1.Cl. The Bertz CT molecular complexity index is 518. The minimum atomic E-state index is -3.64. The molecule has 4 nitrogen and oxygen atoms in total. The number of sulfonamides is 1. The van der Waals surface area contributed by atoms with Gasteiger partial charge in [0.2, 0.25) is 10.0 Å². The first-order chi connectivity index (χ1) is 7.68. The van der Waals surface area contributed by atoms with Gasteiger partial charge in [-0.15, -0.1) is 12.4 Å². The largest absolute Gasteiger partial charge is 0.329 e. The van der Waals surface area contributed by atoms with E-state index in [0.29, 0.717) is 5.02 Å². The van der Waals surface area contributed by atoms with Crippen LogP contribution < -0.4 is 10.5 Å². The number of nitrogens with one attached hydrogen (secondary N) is 1. The van der Waals surface area contributed by atoms with E-state index in [2.05, 4.69) is 4.72 Å². The maximum atomic E-state index is 12.0. The molecular formula is C10H15Cl3N2O2S. The van der Waals surface area contributed by atoms with E-state index in [1.165, 1.54) is 18.2 Å². The molecule has 104 valence electrons. The smallest absolute Gasteiger partial charge is 0.241 e. The molecule has 3 N–H and O–H groups in total. The van der Waals surface area contributed by atoms with Crippen LogP contribution in [-0.2, 0) is 10.0 Å². The van der Waals surface area contributed by atoms with Crippen LogP contribution in [0.25, 0.3) is 0 Å². The Morgan fingerprint density at radius 2 is 1.83 bits per heavy atom. The summed E-state index contributed by atoms with van der Waals surface area (Å²) in [4.78, 5) is 0.0634. The van der Waals surface area contributed by atoms with E-state index in [9.17, 15) is 8.42 Å². The molecule has 1 aromatic carbocycles. The molecule has 18 heavy (non-hydrogen) atoms. The van der Waals surface area contributed by atoms with E-state index in [1.54, 1.807) is 13.8 Å². The number of nitrogens with two attached hydrogens (primary N) is 1. The summed E-state index contributed by atoms with van der Waals surface area (Å²) < 4.78 is 26.5. The van der Waals surface area contributed by atoms with Gasteiger partial charge in [0.05, 0.1) is 14.9 Å². The van der Waals surface area contributed by atoms with Crippen molar-refractivity contribution >= 4 is 45.6 Å². The molecule has 0 unspecified atom stereocenters. The van der Waals surface area contributed by atoms with Gasteiger partial charge in [-0.2, -0.15) is 0 Å². The molecule has 1 aromatic rings. The highest BCUT2D eigenvalue weighted by Gasteiger charge is 2.25. The van der Waals surface area contributed by atoms with E-state index in [4.69, 9.17) is 28.9 Å². The number of halogens is 3. The zero-order valence-electron chi connectivity index (χ0n) is 9.91. The van der Waals surface area contributed by atoms with E-state index in [-0.39, 0.29) is 28.9 Å². The van der Waals surface area contributed by atoms with E-state index >= 15 is 0 Å². The van der Waals surface area contributed by atoms with Gasteiger partial charge in [0.25, 0.3) is 0 Å². The van der Waals surface area contributed by atoms with Gasteiger partial charge < -0.3 is 5.73 Å². The molecule has 0 atom stereocenters. The highest BCUT2D eigenvalue weighted by Crippen LogP contribution is 2.25. The van der Waals surface area contributed by atoms with Crippen LogP contribution in [0.2, 0.25) is 10.0 Å². The number of benzene rings is 1. The summed E-state index contributed by atoms with van der Waals surface area (Å²) in [6.45, 7) is 3.58. The van der Waals surface area contributed by atoms with Gasteiger partial charge in [0, 0.05) is 12.1 Å². The van der Waals surface area contributed by atoms with Crippen LogP contribution in [-0.4, -0.2) is 20.5 Å². The lowest BCUT2D eigenvalue weighted by Crippen LogP contribution is -2.48. The molecule has 0 saturated heterocycles. The quantitative estimate of drug-likeness (QED) is 0.889. The molecule has 0 aromatic heterocycles. The lowest BCUT2D eigenvalue weighted by molar-refractivity contribution is 0.462. The highest BCUT2D eigenvalue weighted by atomic mass is 35.5. The average molecular weight is 334 g/mol. The molecule has 0 saturated carbocycles. The number of hydrogen-bond acceptors (Lipinski definition) is 3. The molecule has 0 heterocycles. The average Bonchev–Trinajstić information content (AvgIpc) is 2.20. The molecular weight excluding hydrogens is 319 g/mol. The third-order valence-corrected chi connectivity index (χ3v) is 4.56. The monoisotopic (exact) mass is 332 g/mol. The Kier molecular flexibility index (Phi) is 6.40. The van der Waals surface area contributed by atoms with Crippen LogP contribution >= 0.6 is 35.6 Å². The maximum Gasteiger partial charge on any atom is 0.241 e. The van der Waals surface area contributed by atoms with Crippen LogP contribution in [0, 0.1) is 0 Å². The second kappa shape index (κ2) is 6.41. The van der Waals surface area contributed by atoms with Crippen molar-refractivity contribution in [2.24, 2.45) is 5.73 Å². The van der Waals surface area contributed by atoms with Crippen molar-refractivity contribution in [1.29, 1.82) is 0 Å². The predicted octanol–water partition coefficient (Wildman–Crippen LogP) is 2.43.